The molecule has 0 bridgehead atoms. The summed E-state index contributed by atoms with van der Waals surface area (Å²) in [5.74, 6) is -0.366. The van der Waals surface area contributed by atoms with E-state index in [1.807, 2.05) is 12.1 Å². The summed E-state index contributed by atoms with van der Waals surface area (Å²) in [4.78, 5) is 24.6. The van der Waals surface area contributed by atoms with Crippen molar-refractivity contribution in [1.82, 2.24) is 0 Å². The molecule has 0 radical (unpaired) electrons. The highest BCUT2D eigenvalue weighted by molar-refractivity contribution is 6.30. The third-order valence-electron chi connectivity index (χ3n) is 3.83. The fourth-order valence-corrected chi connectivity index (χ4v) is 2.83. The van der Waals surface area contributed by atoms with E-state index in [-0.39, 0.29) is 17.5 Å². The minimum absolute atomic E-state index is 0.0122. The van der Waals surface area contributed by atoms with Crippen LogP contribution in [0.5, 0.6) is 0 Å². The van der Waals surface area contributed by atoms with Crippen molar-refractivity contribution in [3.8, 4) is 0 Å². The number of hydrogen-bond donors (Lipinski definition) is 0. The summed E-state index contributed by atoms with van der Waals surface area (Å²) >= 11 is 5.95. The molecule has 1 aliphatic rings. The van der Waals surface area contributed by atoms with Crippen LogP contribution in [0.1, 0.15) is 22.0 Å². The lowest BCUT2D eigenvalue weighted by Crippen LogP contribution is -2.18. The molecule has 3 aromatic rings. The van der Waals surface area contributed by atoms with Gasteiger partial charge in [-0.2, -0.15) is 0 Å². The summed E-state index contributed by atoms with van der Waals surface area (Å²) in [5, 5.41) is 1.28. The molecule has 1 aliphatic heterocycles. The molecule has 2 heterocycles. The van der Waals surface area contributed by atoms with E-state index in [0.717, 1.165) is 5.56 Å². The molecule has 23 heavy (non-hydrogen) atoms. The monoisotopic (exact) mass is 326 g/mol. The van der Waals surface area contributed by atoms with Crippen LogP contribution >= 0.6 is 11.6 Å². The fourth-order valence-electron chi connectivity index (χ4n) is 2.64. The zero-order valence-corrected chi connectivity index (χ0v) is 12.6. The Labute approximate surface area is 136 Å². The van der Waals surface area contributed by atoms with Gasteiger partial charge in [0.2, 0.25) is 5.78 Å². The molecule has 4 nitrogen and oxygen atoms in total. The second-order valence-electron chi connectivity index (χ2n) is 5.38. The van der Waals surface area contributed by atoms with Crippen LogP contribution in [0.15, 0.2) is 63.8 Å². The summed E-state index contributed by atoms with van der Waals surface area (Å²) in [5.41, 5.74) is 0.644. The van der Waals surface area contributed by atoms with Gasteiger partial charge >= 0.3 is 5.63 Å². The minimum atomic E-state index is -0.669. The molecular weight excluding hydrogens is 316 g/mol. The Hall–Kier alpha value is -2.43. The SMILES string of the molecule is O=C(c1cc2ccccc2oc1=O)C1OC1c1cccc(Cl)c1. The van der Waals surface area contributed by atoms with Crippen molar-refractivity contribution in [3.05, 3.63) is 81.2 Å². The molecular formula is C18H11ClO4. The van der Waals surface area contributed by atoms with Crippen LogP contribution in [0.3, 0.4) is 0 Å². The van der Waals surface area contributed by atoms with Gasteiger partial charge in [0.05, 0.1) is 0 Å². The van der Waals surface area contributed by atoms with E-state index in [4.69, 9.17) is 20.8 Å². The third-order valence-corrected chi connectivity index (χ3v) is 4.07. The lowest BCUT2D eigenvalue weighted by molar-refractivity contribution is 0.0950. The minimum Gasteiger partial charge on any atom is -0.422 e. The Morgan fingerprint density at radius 3 is 2.70 bits per heavy atom. The summed E-state index contributed by atoms with van der Waals surface area (Å²) in [7, 11) is 0. The lowest BCUT2D eigenvalue weighted by atomic mass is 10.0. The van der Waals surface area contributed by atoms with E-state index in [1.54, 1.807) is 42.5 Å². The Morgan fingerprint density at radius 1 is 1.04 bits per heavy atom. The topological polar surface area (TPSA) is 59.8 Å². The second-order valence-corrected chi connectivity index (χ2v) is 5.82. The van der Waals surface area contributed by atoms with Crippen LogP contribution in [0, 0.1) is 0 Å². The highest BCUT2D eigenvalue weighted by Gasteiger charge is 2.47. The van der Waals surface area contributed by atoms with E-state index in [0.29, 0.717) is 16.0 Å². The summed E-state index contributed by atoms with van der Waals surface area (Å²) in [6, 6.07) is 15.8. The van der Waals surface area contributed by atoms with Gasteiger partial charge in [0.25, 0.3) is 0 Å². The Morgan fingerprint density at radius 2 is 1.87 bits per heavy atom. The number of carbonyl (C=O) groups excluding carboxylic acids is 1. The van der Waals surface area contributed by atoms with Crippen LogP contribution in [-0.2, 0) is 4.74 Å². The fraction of sp³-hybridized carbons (Fsp3) is 0.111. The Kier molecular flexibility index (Phi) is 3.29. The van der Waals surface area contributed by atoms with Gasteiger partial charge in [0.1, 0.15) is 17.3 Å². The maximum atomic E-state index is 12.5. The highest BCUT2D eigenvalue weighted by Crippen LogP contribution is 2.41. The van der Waals surface area contributed by atoms with Gasteiger partial charge in [-0.3, -0.25) is 4.79 Å². The van der Waals surface area contributed by atoms with E-state index in [9.17, 15) is 9.59 Å². The molecule has 1 saturated heterocycles. The molecule has 5 heteroatoms. The van der Waals surface area contributed by atoms with Crippen molar-refractivity contribution < 1.29 is 13.9 Å². The summed E-state index contributed by atoms with van der Waals surface area (Å²) < 4.78 is 10.7. The molecule has 4 rings (SSSR count). The van der Waals surface area contributed by atoms with Crippen molar-refractivity contribution in [2.24, 2.45) is 0 Å². The molecule has 2 unspecified atom stereocenters. The van der Waals surface area contributed by atoms with Crippen LogP contribution in [0.25, 0.3) is 11.0 Å². The van der Waals surface area contributed by atoms with Crippen molar-refractivity contribution in [3.63, 3.8) is 0 Å². The second kappa shape index (κ2) is 5.33. The van der Waals surface area contributed by atoms with E-state index in [2.05, 4.69) is 0 Å². The van der Waals surface area contributed by atoms with Gasteiger partial charge < -0.3 is 9.15 Å². The van der Waals surface area contributed by atoms with Crippen molar-refractivity contribution in [2.75, 3.05) is 0 Å². The van der Waals surface area contributed by atoms with E-state index >= 15 is 0 Å². The van der Waals surface area contributed by atoms with E-state index in [1.165, 1.54) is 0 Å². The molecule has 0 spiro atoms. The largest absolute Gasteiger partial charge is 0.422 e. The molecule has 0 amide bonds. The number of para-hydroxylation sites is 1. The van der Waals surface area contributed by atoms with Gasteiger partial charge in [-0.15, -0.1) is 0 Å². The zero-order valence-electron chi connectivity index (χ0n) is 11.9. The molecule has 1 aromatic heterocycles. The number of halogens is 1. The predicted molar refractivity (Wildman–Crippen MR) is 85.9 cm³/mol. The van der Waals surface area contributed by atoms with Gasteiger partial charge in [-0.1, -0.05) is 41.9 Å². The zero-order chi connectivity index (χ0) is 16.0. The van der Waals surface area contributed by atoms with Crippen LogP contribution in [-0.4, -0.2) is 11.9 Å². The standard InChI is InChI=1S/C18H11ClO4/c19-12-6-3-5-11(8-12)16-17(23-16)15(20)13-9-10-4-1-2-7-14(10)22-18(13)21/h1-9,16-17H. The molecule has 2 atom stereocenters. The first-order valence-corrected chi connectivity index (χ1v) is 7.49. The number of ether oxygens (including phenoxy) is 1. The van der Waals surface area contributed by atoms with E-state index < -0.39 is 11.7 Å². The number of rotatable bonds is 3. The maximum absolute atomic E-state index is 12.5. The maximum Gasteiger partial charge on any atom is 0.347 e. The highest BCUT2D eigenvalue weighted by atomic mass is 35.5. The number of Topliss-reactive ketones (excluding diaryl/α,β-unsaturated/α-hetero) is 1. The van der Waals surface area contributed by atoms with Gasteiger partial charge in [0, 0.05) is 10.4 Å². The van der Waals surface area contributed by atoms with Crippen molar-refractivity contribution in [2.45, 2.75) is 12.2 Å². The molecule has 0 saturated carbocycles. The molecule has 2 aromatic carbocycles. The number of hydrogen-bond acceptors (Lipinski definition) is 4. The van der Waals surface area contributed by atoms with Crippen LogP contribution in [0.4, 0.5) is 0 Å². The van der Waals surface area contributed by atoms with Gasteiger partial charge in [-0.25, -0.2) is 4.79 Å². The van der Waals surface area contributed by atoms with Gasteiger partial charge in [-0.05, 0) is 29.8 Å². The molecule has 0 aliphatic carbocycles. The number of fused-ring (bicyclic) bond motifs is 1. The summed E-state index contributed by atoms with van der Waals surface area (Å²) in [6.07, 6.45) is -1.04. The quantitative estimate of drug-likeness (QED) is 0.417. The molecule has 114 valence electrons. The average molecular weight is 327 g/mol. The van der Waals surface area contributed by atoms with Crippen molar-refractivity contribution >= 4 is 28.4 Å². The molecule has 0 N–H and O–H groups in total. The number of epoxide rings is 1. The third kappa shape index (κ3) is 2.56. The number of benzene rings is 2. The predicted octanol–water partition coefficient (Wildman–Crippen LogP) is 3.77. The van der Waals surface area contributed by atoms with Crippen LogP contribution < -0.4 is 5.63 Å². The Balaban J connectivity index is 1.66. The van der Waals surface area contributed by atoms with Crippen molar-refractivity contribution in [1.29, 1.82) is 0 Å². The Bertz CT molecular complexity index is 976. The smallest absolute Gasteiger partial charge is 0.347 e. The van der Waals surface area contributed by atoms with Crippen LogP contribution in [0.2, 0.25) is 5.02 Å². The first-order chi connectivity index (χ1) is 11.1. The lowest BCUT2D eigenvalue weighted by Gasteiger charge is -2.00. The molecule has 1 fully saturated rings. The normalized spacial score (nSPS) is 19.7. The number of carbonyl (C=O) groups is 1. The van der Waals surface area contributed by atoms with Gasteiger partial charge in [0.15, 0.2) is 6.10 Å². The average Bonchev–Trinajstić information content (AvgIpc) is 3.34. The number of ketones is 1. The summed E-state index contributed by atoms with van der Waals surface area (Å²) in [6.45, 7) is 0. The first kappa shape index (κ1) is 14.2. The first-order valence-electron chi connectivity index (χ1n) is 7.11.